The van der Waals surface area contributed by atoms with Gasteiger partial charge in [-0.25, -0.2) is 0 Å². The number of thioether (sulfide) groups is 1. The molecule has 0 N–H and O–H groups in total. The van der Waals surface area contributed by atoms with Crippen molar-refractivity contribution in [1.82, 2.24) is 0 Å². The average molecular weight is 172 g/mol. The molecule has 0 heterocycles. The van der Waals surface area contributed by atoms with E-state index in [1.807, 2.05) is 6.26 Å². The molecule has 1 nitrogen and oxygen atoms in total. The molecule has 4 heteroatoms. The Bertz CT molecular complexity index is 84.1. The summed E-state index contributed by atoms with van der Waals surface area (Å²) in [5, 5.41) is 0. The maximum absolute atomic E-state index is 5.50. The fourth-order valence-electron chi connectivity index (χ4n) is 0.195. The van der Waals surface area contributed by atoms with Crippen molar-refractivity contribution in [1.29, 1.82) is 0 Å². The van der Waals surface area contributed by atoms with Gasteiger partial charge in [0.15, 0.2) is 4.50 Å². The van der Waals surface area contributed by atoms with E-state index in [4.69, 9.17) is 23.2 Å². The minimum atomic E-state index is 0.538. The highest BCUT2D eigenvalue weighted by molar-refractivity contribution is 8.16. The van der Waals surface area contributed by atoms with E-state index >= 15 is 0 Å². The number of nitrogens with zero attached hydrogens (tertiary/aromatic N) is 1. The molecule has 0 radical (unpaired) electrons. The van der Waals surface area contributed by atoms with Crippen molar-refractivity contribution < 1.29 is 0 Å². The Labute approximate surface area is 63.5 Å². The Morgan fingerprint density at radius 1 is 1.75 bits per heavy atom. The quantitative estimate of drug-likeness (QED) is 0.353. The molecule has 48 valence electrons. The third-order valence-electron chi connectivity index (χ3n) is 0.489. The molecule has 0 amide bonds. The van der Waals surface area contributed by atoms with Crippen molar-refractivity contribution in [2.45, 2.75) is 0 Å². The maximum atomic E-state index is 5.50. The van der Waals surface area contributed by atoms with Gasteiger partial charge in [-0.2, -0.15) is 0 Å². The highest BCUT2D eigenvalue weighted by Gasteiger charge is 1.85. The summed E-state index contributed by atoms with van der Waals surface area (Å²) in [4.78, 5) is 3.87. The Hall–Kier alpha value is 0.600. The number of hydrogen-bond donors (Lipinski definition) is 0. The second-order valence-electron chi connectivity index (χ2n) is 1.03. The van der Waals surface area contributed by atoms with Crippen LogP contribution in [0.1, 0.15) is 0 Å². The van der Waals surface area contributed by atoms with Gasteiger partial charge in [-0.1, -0.05) is 23.4 Å². The van der Waals surface area contributed by atoms with E-state index in [1.165, 1.54) is 11.8 Å². The largest absolute Gasteiger partial charge is 0.266 e. The lowest BCUT2D eigenvalue weighted by molar-refractivity contribution is 1.15. The van der Waals surface area contributed by atoms with E-state index in [-0.39, 0.29) is 0 Å². The first-order valence-corrected chi connectivity index (χ1v) is 4.25. The van der Waals surface area contributed by atoms with Crippen molar-refractivity contribution in [3.63, 3.8) is 0 Å². The van der Waals surface area contributed by atoms with Crippen LogP contribution in [0.5, 0.6) is 0 Å². The van der Waals surface area contributed by atoms with Crippen LogP contribution in [0.4, 0.5) is 0 Å². The molecule has 0 aliphatic rings. The summed E-state index contributed by atoms with van der Waals surface area (Å²) < 4.78 is 0.575. The molecular formula is C4H7Cl2NS. The Morgan fingerprint density at radius 2 is 2.38 bits per heavy atom. The molecule has 0 unspecified atom stereocenters. The summed E-state index contributed by atoms with van der Waals surface area (Å²) in [7, 11) is 0. The van der Waals surface area contributed by atoms with Crippen LogP contribution >= 0.6 is 35.0 Å². The molecule has 0 bridgehead atoms. The van der Waals surface area contributed by atoms with Crippen molar-refractivity contribution in [3.05, 3.63) is 0 Å². The summed E-state index contributed by atoms with van der Waals surface area (Å²) in [6.45, 7) is 0.612. The lowest BCUT2D eigenvalue weighted by atomic mass is 10.8. The van der Waals surface area contributed by atoms with Gasteiger partial charge in [0.05, 0.1) is 6.54 Å². The van der Waals surface area contributed by atoms with Crippen molar-refractivity contribution >= 4 is 39.5 Å². The number of alkyl halides is 1. The third kappa shape index (κ3) is 4.75. The molecule has 0 saturated heterocycles. The van der Waals surface area contributed by atoms with Crippen LogP contribution in [0.3, 0.4) is 0 Å². The van der Waals surface area contributed by atoms with Crippen LogP contribution < -0.4 is 0 Å². The fourth-order valence-corrected chi connectivity index (χ4v) is 0.584. The van der Waals surface area contributed by atoms with Crippen LogP contribution in [0.25, 0.3) is 0 Å². The molecule has 0 aromatic carbocycles. The van der Waals surface area contributed by atoms with E-state index < -0.39 is 0 Å². The van der Waals surface area contributed by atoms with Crippen LogP contribution in [-0.2, 0) is 0 Å². The SMILES string of the molecule is CSC(Cl)=NCCCl. The molecular weight excluding hydrogens is 165 g/mol. The predicted octanol–water partition coefficient (Wildman–Crippen LogP) is 2.18. The van der Waals surface area contributed by atoms with E-state index in [0.717, 1.165) is 0 Å². The molecule has 0 atom stereocenters. The maximum Gasteiger partial charge on any atom is 0.157 e. The second-order valence-corrected chi connectivity index (χ2v) is 2.78. The smallest absolute Gasteiger partial charge is 0.157 e. The standard InChI is InChI=1S/C4H7Cl2NS/c1-8-4(6)7-3-2-5/h2-3H2,1H3. The number of aliphatic imine (C=N–C) groups is 1. The van der Waals surface area contributed by atoms with E-state index in [1.54, 1.807) is 0 Å². The van der Waals surface area contributed by atoms with E-state index in [0.29, 0.717) is 16.9 Å². The second kappa shape index (κ2) is 5.73. The monoisotopic (exact) mass is 171 g/mol. The molecule has 8 heavy (non-hydrogen) atoms. The van der Waals surface area contributed by atoms with E-state index in [9.17, 15) is 0 Å². The first kappa shape index (κ1) is 8.60. The van der Waals surface area contributed by atoms with Crippen LogP contribution in [0, 0.1) is 0 Å². The molecule has 0 rings (SSSR count). The van der Waals surface area contributed by atoms with Crippen LogP contribution in [0.15, 0.2) is 4.99 Å². The van der Waals surface area contributed by atoms with Gasteiger partial charge in [-0.15, -0.1) is 11.6 Å². The van der Waals surface area contributed by atoms with Crippen molar-refractivity contribution in [2.75, 3.05) is 18.7 Å². The summed E-state index contributed by atoms with van der Waals surface area (Å²) in [6, 6.07) is 0. The minimum Gasteiger partial charge on any atom is -0.266 e. The zero-order valence-corrected chi connectivity index (χ0v) is 6.85. The number of rotatable bonds is 2. The van der Waals surface area contributed by atoms with Gasteiger partial charge in [-0.3, -0.25) is 4.99 Å². The number of halogens is 2. The van der Waals surface area contributed by atoms with Gasteiger partial charge in [0.2, 0.25) is 0 Å². The fraction of sp³-hybridized carbons (Fsp3) is 0.750. The average Bonchev–Trinajstić information content (AvgIpc) is 1.83. The first-order chi connectivity index (χ1) is 3.81. The van der Waals surface area contributed by atoms with Crippen LogP contribution in [0.2, 0.25) is 0 Å². The van der Waals surface area contributed by atoms with E-state index in [2.05, 4.69) is 4.99 Å². The highest BCUT2D eigenvalue weighted by Crippen LogP contribution is 2.01. The van der Waals surface area contributed by atoms with Crippen molar-refractivity contribution in [3.8, 4) is 0 Å². The molecule has 0 aliphatic carbocycles. The Balaban J connectivity index is 3.26. The van der Waals surface area contributed by atoms with Gasteiger partial charge < -0.3 is 0 Å². The van der Waals surface area contributed by atoms with Gasteiger partial charge in [0, 0.05) is 5.88 Å². The summed E-state index contributed by atoms with van der Waals surface area (Å²) >= 11 is 12.2. The summed E-state index contributed by atoms with van der Waals surface area (Å²) in [5.74, 6) is 0.538. The topological polar surface area (TPSA) is 12.4 Å². The summed E-state index contributed by atoms with van der Waals surface area (Å²) in [5.41, 5.74) is 0. The van der Waals surface area contributed by atoms with Gasteiger partial charge in [-0.05, 0) is 6.26 Å². The van der Waals surface area contributed by atoms with Crippen LogP contribution in [-0.4, -0.2) is 23.2 Å². The molecule has 0 aromatic rings. The third-order valence-corrected chi connectivity index (χ3v) is 1.71. The Kier molecular flexibility index (Phi) is 6.16. The molecule has 0 aliphatic heterocycles. The molecule has 0 aromatic heterocycles. The van der Waals surface area contributed by atoms with Gasteiger partial charge in [0.25, 0.3) is 0 Å². The molecule has 0 spiro atoms. The van der Waals surface area contributed by atoms with Gasteiger partial charge >= 0.3 is 0 Å². The summed E-state index contributed by atoms with van der Waals surface area (Å²) in [6.07, 6.45) is 1.88. The minimum absolute atomic E-state index is 0.538. The lowest BCUT2D eigenvalue weighted by Gasteiger charge is -1.87. The lowest BCUT2D eigenvalue weighted by Crippen LogP contribution is -1.83. The first-order valence-electron chi connectivity index (χ1n) is 2.11. The van der Waals surface area contributed by atoms with Gasteiger partial charge in [0.1, 0.15) is 0 Å². The number of hydrogen-bond acceptors (Lipinski definition) is 2. The molecule has 0 fully saturated rings. The Morgan fingerprint density at radius 3 is 2.75 bits per heavy atom. The highest BCUT2D eigenvalue weighted by atomic mass is 35.5. The predicted molar refractivity (Wildman–Crippen MR) is 42.4 cm³/mol. The molecule has 0 saturated carbocycles. The normalized spacial score (nSPS) is 12.1. The zero-order chi connectivity index (χ0) is 6.41. The van der Waals surface area contributed by atoms with Crippen molar-refractivity contribution in [2.24, 2.45) is 4.99 Å². The zero-order valence-electron chi connectivity index (χ0n) is 4.53.